The number of hydrogen-bond donors (Lipinski definition) is 0. The molecule has 0 aromatic heterocycles. The zero-order valence-corrected chi connectivity index (χ0v) is 6.18. The van der Waals surface area contributed by atoms with Crippen LogP contribution in [0.15, 0.2) is 0 Å². The van der Waals surface area contributed by atoms with E-state index in [9.17, 15) is 4.79 Å². The Hall–Kier alpha value is -0.730. The number of rotatable bonds is 2. The maximum Gasteiger partial charge on any atom is 0.409 e. The van der Waals surface area contributed by atoms with Crippen molar-refractivity contribution >= 4 is 6.09 Å². The first kappa shape index (κ1) is 8.27. The van der Waals surface area contributed by atoms with E-state index in [0.29, 0.717) is 0 Å². The lowest BCUT2D eigenvalue weighted by Gasteiger charge is -2.12. The van der Waals surface area contributed by atoms with Crippen LogP contribution in [0.5, 0.6) is 0 Å². The minimum atomic E-state index is -0.267. The highest BCUT2D eigenvalue weighted by molar-refractivity contribution is 5.66. The fourth-order valence-corrected chi connectivity index (χ4v) is 0.583. The van der Waals surface area contributed by atoms with E-state index in [0.717, 1.165) is 13.0 Å². The number of amides is 1. The Morgan fingerprint density at radius 3 is 2.56 bits per heavy atom. The van der Waals surface area contributed by atoms with Crippen LogP contribution in [0.4, 0.5) is 4.79 Å². The molecule has 0 aliphatic heterocycles. The van der Waals surface area contributed by atoms with Gasteiger partial charge in [-0.2, -0.15) is 0 Å². The Kier molecular flexibility index (Phi) is 3.84. The summed E-state index contributed by atoms with van der Waals surface area (Å²) in [6.45, 7) is 2.77. The van der Waals surface area contributed by atoms with Gasteiger partial charge in [0.1, 0.15) is 0 Å². The van der Waals surface area contributed by atoms with Crippen molar-refractivity contribution in [2.45, 2.75) is 13.3 Å². The lowest BCUT2D eigenvalue weighted by atomic mass is 10.5. The van der Waals surface area contributed by atoms with Gasteiger partial charge in [0, 0.05) is 13.6 Å². The van der Waals surface area contributed by atoms with Crippen LogP contribution in [-0.2, 0) is 4.74 Å². The minimum Gasteiger partial charge on any atom is -0.453 e. The quantitative estimate of drug-likeness (QED) is 0.561. The van der Waals surface area contributed by atoms with E-state index in [4.69, 9.17) is 0 Å². The molecule has 1 amide bonds. The Balaban J connectivity index is 3.45. The molecule has 3 heteroatoms. The van der Waals surface area contributed by atoms with Gasteiger partial charge in [0.25, 0.3) is 0 Å². The number of hydrogen-bond acceptors (Lipinski definition) is 2. The third-order valence-electron chi connectivity index (χ3n) is 1.05. The molecule has 0 aromatic carbocycles. The molecule has 0 rings (SSSR count). The van der Waals surface area contributed by atoms with Crippen LogP contribution in [-0.4, -0.2) is 31.7 Å². The molecule has 0 N–H and O–H groups in total. The second-order valence-electron chi connectivity index (χ2n) is 1.89. The van der Waals surface area contributed by atoms with E-state index >= 15 is 0 Å². The van der Waals surface area contributed by atoms with Crippen LogP contribution in [0.2, 0.25) is 0 Å². The van der Waals surface area contributed by atoms with Gasteiger partial charge in [-0.1, -0.05) is 6.92 Å². The number of nitrogens with zero attached hydrogens (tertiary/aromatic N) is 1. The van der Waals surface area contributed by atoms with Gasteiger partial charge in [0.05, 0.1) is 7.11 Å². The highest BCUT2D eigenvalue weighted by atomic mass is 16.5. The van der Waals surface area contributed by atoms with Gasteiger partial charge < -0.3 is 9.64 Å². The van der Waals surface area contributed by atoms with Crippen molar-refractivity contribution in [2.24, 2.45) is 0 Å². The topological polar surface area (TPSA) is 29.5 Å². The molecular formula is C6H13NO2. The van der Waals surface area contributed by atoms with Gasteiger partial charge in [-0.15, -0.1) is 0 Å². The van der Waals surface area contributed by atoms with E-state index < -0.39 is 0 Å². The molecule has 0 fully saturated rings. The minimum absolute atomic E-state index is 0.267. The van der Waals surface area contributed by atoms with E-state index in [2.05, 4.69) is 4.74 Å². The van der Waals surface area contributed by atoms with Gasteiger partial charge in [-0.25, -0.2) is 4.79 Å². The van der Waals surface area contributed by atoms with Crippen molar-refractivity contribution in [1.82, 2.24) is 4.90 Å². The molecule has 9 heavy (non-hydrogen) atoms. The van der Waals surface area contributed by atoms with Crippen molar-refractivity contribution < 1.29 is 9.53 Å². The molecule has 0 radical (unpaired) electrons. The van der Waals surface area contributed by atoms with Crippen LogP contribution in [0.1, 0.15) is 13.3 Å². The van der Waals surface area contributed by atoms with Crippen molar-refractivity contribution in [1.29, 1.82) is 0 Å². The molecule has 0 aliphatic carbocycles. The third-order valence-corrected chi connectivity index (χ3v) is 1.05. The summed E-state index contributed by atoms with van der Waals surface area (Å²) in [6, 6.07) is 0. The molecule has 0 bridgehead atoms. The molecule has 0 spiro atoms. The van der Waals surface area contributed by atoms with E-state index in [1.54, 1.807) is 11.9 Å². The van der Waals surface area contributed by atoms with Gasteiger partial charge in [0.2, 0.25) is 0 Å². The van der Waals surface area contributed by atoms with E-state index in [1.807, 2.05) is 6.92 Å². The van der Waals surface area contributed by atoms with Crippen LogP contribution in [0, 0.1) is 0 Å². The molecule has 0 atom stereocenters. The zero-order valence-electron chi connectivity index (χ0n) is 6.18. The molecule has 0 saturated carbocycles. The van der Waals surface area contributed by atoms with Crippen LogP contribution < -0.4 is 0 Å². The Morgan fingerprint density at radius 1 is 1.67 bits per heavy atom. The average Bonchev–Trinajstić information content (AvgIpc) is 1.87. The molecule has 54 valence electrons. The lowest BCUT2D eigenvalue weighted by Crippen LogP contribution is -2.26. The Labute approximate surface area is 55.6 Å². The number of carbonyl (C=O) groups is 1. The SMILES string of the molecule is CCCN(C)C(=O)OC. The highest BCUT2D eigenvalue weighted by Crippen LogP contribution is 1.88. The predicted molar refractivity (Wildman–Crippen MR) is 35.3 cm³/mol. The van der Waals surface area contributed by atoms with Gasteiger partial charge >= 0.3 is 6.09 Å². The number of ether oxygens (including phenoxy) is 1. The van der Waals surface area contributed by atoms with Crippen molar-refractivity contribution in [2.75, 3.05) is 20.7 Å². The third kappa shape index (κ3) is 2.95. The van der Waals surface area contributed by atoms with Crippen molar-refractivity contribution in [3.05, 3.63) is 0 Å². The summed E-state index contributed by atoms with van der Waals surface area (Å²) >= 11 is 0. The Bertz CT molecular complexity index is 93.1. The summed E-state index contributed by atoms with van der Waals surface area (Å²) in [5, 5.41) is 0. The summed E-state index contributed by atoms with van der Waals surface area (Å²) in [7, 11) is 3.10. The standard InChI is InChI=1S/C6H13NO2/c1-4-5-7(2)6(8)9-3/h4-5H2,1-3H3. The molecule has 0 saturated heterocycles. The average molecular weight is 131 g/mol. The maximum absolute atomic E-state index is 10.6. The normalized spacial score (nSPS) is 8.78. The maximum atomic E-state index is 10.6. The van der Waals surface area contributed by atoms with Crippen molar-refractivity contribution in [3.8, 4) is 0 Å². The molecule has 0 aromatic rings. The zero-order chi connectivity index (χ0) is 7.28. The predicted octanol–water partition coefficient (Wildman–Crippen LogP) is 1.09. The smallest absolute Gasteiger partial charge is 0.409 e. The largest absolute Gasteiger partial charge is 0.453 e. The van der Waals surface area contributed by atoms with Gasteiger partial charge in [-0.3, -0.25) is 0 Å². The first-order chi connectivity index (χ1) is 4.22. The van der Waals surface area contributed by atoms with Crippen LogP contribution in [0.25, 0.3) is 0 Å². The second kappa shape index (κ2) is 4.18. The molecule has 3 nitrogen and oxygen atoms in total. The summed E-state index contributed by atoms with van der Waals surface area (Å²) in [5.74, 6) is 0. The number of carbonyl (C=O) groups excluding carboxylic acids is 1. The molecular weight excluding hydrogens is 118 g/mol. The second-order valence-corrected chi connectivity index (χ2v) is 1.89. The van der Waals surface area contributed by atoms with Crippen LogP contribution >= 0.6 is 0 Å². The fraction of sp³-hybridized carbons (Fsp3) is 0.833. The van der Waals surface area contributed by atoms with Gasteiger partial charge in [0.15, 0.2) is 0 Å². The van der Waals surface area contributed by atoms with Crippen molar-refractivity contribution in [3.63, 3.8) is 0 Å². The Morgan fingerprint density at radius 2 is 2.22 bits per heavy atom. The lowest BCUT2D eigenvalue weighted by molar-refractivity contribution is 0.133. The monoisotopic (exact) mass is 131 g/mol. The summed E-state index contributed by atoms with van der Waals surface area (Å²) < 4.78 is 4.45. The van der Waals surface area contributed by atoms with E-state index in [1.165, 1.54) is 7.11 Å². The first-order valence-corrected chi connectivity index (χ1v) is 3.01. The van der Waals surface area contributed by atoms with Gasteiger partial charge in [-0.05, 0) is 6.42 Å². The molecule has 0 aliphatic rings. The molecule has 0 heterocycles. The number of methoxy groups -OCH3 is 1. The summed E-state index contributed by atoms with van der Waals surface area (Å²) in [5.41, 5.74) is 0. The molecule has 0 unspecified atom stereocenters. The fourth-order valence-electron chi connectivity index (χ4n) is 0.583. The first-order valence-electron chi connectivity index (χ1n) is 3.01. The summed E-state index contributed by atoms with van der Waals surface area (Å²) in [4.78, 5) is 12.1. The highest BCUT2D eigenvalue weighted by Gasteiger charge is 2.03. The summed E-state index contributed by atoms with van der Waals surface area (Å²) in [6.07, 6.45) is 0.697. The van der Waals surface area contributed by atoms with Crippen LogP contribution in [0.3, 0.4) is 0 Å². The van der Waals surface area contributed by atoms with E-state index in [-0.39, 0.29) is 6.09 Å².